The van der Waals surface area contributed by atoms with Crippen molar-refractivity contribution >= 4 is 16.8 Å². The number of hydrogen-bond donors (Lipinski definition) is 2. The molecule has 2 saturated heterocycles. The molecular formula is C21H30N4O2. The van der Waals surface area contributed by atoms with Gasteiger partial charge in [0, 0.05) is 73.5 Å². The van der Waals surface area contributed by atoms with Crippen LogP contribution >= 0.6 is 0 Å². The lowest BCUT2D eigenvalue weighted by Crippen LogP contribution is -2.44. The van der Waals surface area contributed by atoms with Gasteiger partial charge in [0.05, 0.1) is 0 Å². The molecule has 6 nitrogen and oxygen atoms in total. The van der Waals surface area contributed by atoms with Crippen molar-refractivity contribution < 1.29 is 9.53 Å². The molecule has 146 valence electrons. The molecule has 0 radical (unpaired) electrons. The minimum atomic E-state index is 0.0284. The van der Waals surface area contributed by atoms with Crippen molar-refractivity contribution in [2.24, 2.45) is 5.92 Å². The van der Waals surface area contributed by atoms with Crippen LogP contribution in [0.5, 0.6) is 0 Å². The van der Waals surface area contributed by atoms with Gasteiger partial charge in [-0.05, 0) is 51.2 Å². The summed E-state index contributed by atoms with van der Waals surface area (Å²) < 4.78 is 5.52. The highest BCUT2D eigenvalue weighted by atomic mass is 16.5. The average Bonchev–Trinajstić information content (AvgIpc) is 3.28. The van der Waals surface area contributed by atoms with Crippen LogP contribution in [0.3, 0.4) is 0 Å². The Labute approximate surface area is 160 Å². The summed E-state index contributed by atoms with van der Waals surface area (Å²) in [4.78, 5) is 20.9. The van der Waals surface area contributed by atoms with Gasteiger partial charge in [0.15, 0.2) is 0 Å². The highest BCUT2D eigenvalue weighted by Crippen LogP contribution is 2.25. The molecule has 2 fully saturated rings. The summed E-state index contributed by atoms with van der Waals surface area (Å²) in [6.45, 7) is 4.67. The zero-order valence-corrected chi connectivity index (χ0v) is 16.3. The van der Waals surface area contributed by atoms with E-state index < -0.39 is 0 Å². The predicted octanol–water partition coefficient (Wildman–Crippen LogP) is 1.94. The van der Waals surface area contributed by atoms with Crippen molar-refractivity contribution in [3.63, 3.8) is 0 Å². The number of nitrogens with zero attached hydrogens (tertiary/aromatic N) is 2. The number of aromatic amines is 1. The molecule has 2 N–H and O–H groups in total. The van der Waals surface area contributed by atoms with Crippen LogP contribution in [0.25, 0.3) is 10.9 Å². The summed E-state index contributed by atoms with van der Waals surface area (Å²) >= 11 is 0. The van der Waals surface area contributed by atoms with E-state index in [-0.39, 0.29) is 11.9 Å². The van der Waals surface area contributed by atoms with Crippen LogP contribution in [0.15, 0.2) is 30.5 Å². The van der Waals surface area contributed by atoms with E-state index in [9.17, 15) is 4.79 Å². The predicted molar refractivity (Wildman–Crippen MR) is 107 cm³/mol. The molecule has 2 aliphatic heterocycles. The van der Waals surface area contributed by atoms with Gasteiger partial charge in [-0.25, -0.2) is 0 Å². The van der Waals surface area contributed by atoms with E-state index in [1.165, 1.54) is 0 Å². The summed E-state index contributed by atoms with van der Waals surface area (Å²) in [5.41, 5.74) is 1.79. The van der Waals surface area contributed by atoms with E-state index in [1.807, 2.05) is 30.5 Å². The van der Waals surface area contributed by atoms with Crippen LogP contribution in [-0.4, -0.2) is 79.7 Å². The van der Waals surface area contributed by atoms with Gasteiger partial charge in [0.2, 0.25) is 0 Å². The fourth-order valence-electron chi connectivity index (χ4n) is 4.52. The summed E-state index contributed by atoms with van der Waals surface area (Å²) in [7, 11) is 4.21. The summed E-state index contributed by atoms with van der Waals surface area (Å²) in [5, 5.41) is 4.40. The van der Waals surface area contributed by atoms with Gasteiger partial charge < -0.3 is 19.9 Å². The minimum absolute atomic E-state index is 0.0284. The number of H-pyrrole nitrogens is 1. The first-order valence-corrected chi connectivity index (χ1v) is 9.94. The molecule has 1 amide bonds. The van der Waals surface area contributed by atoms with Gasteiger partial charge in [-0.2, -0.15) is 0 Å². The Kier molecular flexibility index (Phi) is 5.48. The molecule has 27 heavy (non-hydrogen) atoms. The number of aromatic nitrogens is 1. The van der Waals surface area contributed by atoms with Crippen molar-refractivity contribution in [2.45, 2.75) is 24.9 Å². The lowest BCUT2D eigenvalue weighted by Gasteiger charge is -2.31. The fourth-order valence-corrected chi connectivity index (χ4v) is 4.52. The SMILES string of the molecule is CN(C)C[C@@H]1CN(C2CCOCC2)C[C@H]1NC(=O)c1ccc2[nH]ccc2c1. The van der Waals surface area contributed by atoms with E-state index in [1.54, 1.807) is 0 Å². The molecule has 6 heteroatoms. The maximum Gasteiger partial charge on any atom is 0.251 e. The van der Waals surface area contributed by atoms with Gasteiger partial charge >= 0.3 is 0 Å². The van der Waals surface area contributed by atoms with E-state index in [4.69, 9.17) is 4.74 Å². The van der Waals surface area contributed by atoms with Crippen LogP contribution in [-0.2, 0) is 4.74 Å². The van der Waals surface area contributed by atoms with E-state index >= 15 is 0 Å². The largest absolute Gasteiger partial charge is 0.381 e. The number of hydrogen-bond acceptors (Lipinski definition) is 4. The van der Waals surface area contributed by atoms with Crippen LogP contribution in [0.2, 0.25) is 0 Å². The van der Waals surface area contributed by atoms with E-state index in [2.05, 4.69) is 34.2 Å². The third-order valence-electron chi connectivity index (χ3n) is 5.91. The average molecular weight is 370 g/mol. The Hall–Kier alpha value is -1.89. The highest BCUT2D eigenvalue weighted by Gasteiger charge is 2.37. The zero-order chi connectivity index (χ0) is 18.8. The molecule has 2 atom stereocenters. The summed E-state index contributed by atoms with van der Waals surface area (Å²) in [5.74, 6) is 0.475. The molecule has 2 aromatic rings. The maximum absolute atomic E-state index is 12.9. The monoisotopic (exact) mass is 370 g/mol. The number of carbonyl (C=O) groups excluding carboxylic acids is 1. The van der Waals surface area contributed by atoms with Gasteiger partial charge in [0.25, 0.3) is 5.91 Å². The quantitative estimate of drug-likeness (QED) is 0.844. The summed E-state index contributed by atoms with van der Waals surface area (Å²) in [6.07, 6.45) is 4.10. The molecule has 1 aromatic heterocycles. The second kappa shape index (κ2) is 8.00. The smallest absolute Gasteiger partial charge is 0.251 e. The number of ether oxygens (including phenoxy) is 1. The molecule has 0 unspecified atom stereocenters. The normalized spacial score (nSPS) is 24.7. The third-order valence-corrected chi connectivity index (χ3v) is 5.91. The van der Waals surface area contributed by atoms with E-state index in [0.717, 1.165) is 62.2 Å². The molecule has 0 aliphatic carbocycles. The van der Waals surface area contributed by atoms with Gasteiger partial charge in [-0.3, -0.25) is 9.69 Å². The van der Waals surface area contributed by atoms with Crippen molar-refractivity contribution in [3.8, 4) is 0 Å². The number of fused-ring (bicyclic) bond motifs is 1. The Morgan fingerprint density at radius 3 is 2.85 bits per heavy atom. The van der Waals surface area contributed by atoms with Crippen molar-refractivity contribution in [1.82, 2.24) is 20.1 Å². The van der Waals surface area contributed by atoms with Gasteiger partial charge in [-0.15, -0.1) is 0 Å². The number of nitrogens with one attached hydrogen (secondary N) is 2. The van der Waals surface area contributed by atoms with Crippen molar-refractivity contribution in [3.05, 3.63) is 36.0 Å². The van der Waals surface area contributed by atoms with Crippen molar-refractivity contribution in [2.75, 3.05) is 46.9 Å². The number of rotatable bonds is 5. The Bertz CT molecular complexity index is 781. The van der Waals surface area contributed by atoms with E-state index in [0.29, 0.717) is 12.0 Å². The first kappa shape index (κ1) is 18.5. The molecule has 0 spiro atoms. The molecule has 4 rings (SSSR count). The number of amides is 1. The second-order valence-corrected chi connectivity index (χ2v) is 8.18. The van der Waals surface area contributed by atoms with Crippen molar-refractivity contribution in [1.29, 1.82) is 0 Å². The van der Waals surface area contributed by atoms with Crippen LogP contribution in [0.1, 0.15) is 23.2 Å². The topological polar surface area (TPSA) is 60.6 Å². The van der Waals surface area contributed by atoms with Crippen LogP contribution < -0.4 is 5.32 Å². The first-order chi connectivity index (χ1) is 13.1. The highest BCUT2D eigenvalue weighted by molar-refractivity contribution is 5.98. The number of carbonyl (C=O) groups is 1. The minimum Gasteiger partial charge on any atom is -0.381 e. The lowest BCUT2D eigenvalue weighted by atomic mass is 10.0. The molecule has 0 saturated carbocycles. The second-order valence-electron chi connectivity index (χ2n) is 8.18. The number of likely N-dealkylation sites (tertiary alicyclic amines) is 1. The van der Waals surface area contributed by atoms with Crippen LogP contribution in [0, 0.1) is 5.92 Å². The standard InChI is InChI=1S/C21H30N4O2/c1-24(2)12-17-13-25(18-6-9-27-10-7-18)14-20(17)23-21(26)16-3-4-19-15(11-16)5-8-22-19/h3-5,8,11,17-18,20,22H,6-7,9-10,12-14H2,1-2H3,(H,23,26)/t17-,20-/m1/s1. The Morgan fingerprint density at radius 1 is 1.26 bits per heavy atom. The zero-order valence-electron chi connectivity index (χ0n) is 16.3. The Morgan fingerprint density at radius 2 is 2.07 bits per heavy atom. The third kappa shape index (κ3) is 4.18. The Balaban J connectivity index is 1.46. The van der Waals surface area contributed by atoms with Gasteiger partial charge in [-0.1, -0.05) is 0 Å². The number of benzene rings is 1. The van der Waals surface area contributed by atoms with Crippen LogP contribution in [0.4, 0.5) is 0 Å². The first-order valence-electron chi connectivity index (χ1n) is 9.94. The molecule has 2 aliphatic rings. The maximum atomic E-state index is 12.9. The molecule has 0 bridgehead atoms. The fraction of sp³-hybridized carbons (Fsp3) is 0.571. The summed E-state index contributed by atoms with van der Waals surface area (Å²) in [6, 6.07) is 8.62. The lowest BCUT2D eigenvalue weighted by molar-refractivity contribution is 0.0403. The van der Waals surface area contributed by atoms with Gasteiger partial charge in [0.1, 0.15) is 0 Å². The molecular weight excluding hydrogens is 340 g/mol. The molecule has 3 heterocycles. The molecule has 1 aromatic carbocycles.